The first kappa shape index (κ1) is 15.8. The molecule has 1 aliphatic heterocycles. The highest BCUT2D eigenvalue weighted by Crippen LogP contribution is 2.24. The van der Waals surface area contributed by atoms with E-state index in [9.17, 15) is 9.59 Å². The molecule has 1 atom stereocenters. The van der Waals surface area contributed by atoms with Crippen LogP contribution in [0.4, 0.5) is 16.2 Å². The first-order chi connectivity index (χ1) is 11.7. The van der Waals surface area contributed by atoms with Gasteiger partial charge in [0.05, 0.1) is 25.0 Å². The molecule has 0 aliphatic carbocycles. The van der Waals surface area contributed by atoms with Crippen LogP contribution in [0.15, 0.2) is 48.8 Å². The van der Waals surface area contributed by atoms with Gasteiger partial charge in [-0.1, -0.05) is 0 Å². The van der Waals surface area contributed by atoms with Crippen molar-refractivity contribution < 1.29 is 14.3 Å². The highest BCUT2D eigenvalue weighted by molar-refractivity contribution is 5.97. The predicted octanol–water partition coefficient (Wildman–Crippen LogP) is 2.02. The number of methoxy groups -OCH3 is 1. The number of nitrogens with one attached hydrogen (secondary N) is 2. The summed E-state index contributed by atoms with van der Waals surface area (Å²) < 4.78 is 5.12. The zero-order chi connectivity index (χ0) is 16.9. The molecule has 2 heterocycles. The Labute approximate surface area is 139 Å². The van der Waals surface area contributed by atoms with E-state index in [2.05, 4.69) is 15.6 Å². The van der Waals surface area contributed by atoms with E-state index in [4.69, 9.17) is 4.74 Å². The Morgan fingerprint density at radius 1 is 1.29 bits per heavy atom. The van der Waals surface area contributed by atoms with Crippen LogP contribution < -0.4 is 20.3 Å². The zero-order valence-corrected chi connectivity index (χ0v) is 13.2. The molecule has 2 N–H and O–H groups in total. The monoisotopic (exact) mass is 326 g/mol. The summed E-state index contributed by atoms with van der Waals surface area (Å²) >= 11 is 0. The molecule has 1 aliphatic rings. The Bertz CT molecular complexity index is 718. The van der Waals surface area contributed by atoms with Crippen molar-refractivity contribution in [3.8, 4) is 5.75 Å². The molecule has 7 heteroatoms. The van der Waals surface area contributed by atoms with E-state index in [1.165, 1.54) is 0 Å². The average Bonchev–Trinajstić information content (AvgIpc) is 2.96. The number of pyridine rings is 1. The minimum atomic E-state index is -0.350. The second kappa shape index (κ2) is 6.99. The van der Waals surface area contributed by atoms with Crippen molar-refractivity contribution >= 4 is 23.3 Å². The number of amides is 3. The van der Waals surface area contributed by atoms with Gasteiger partial charge in [-0.25, -0.2) is 4.79 Å². The van der Waals surface area contributed by atoms with Gasteiger partial charge in [-0.05, 0) is 36.4 Å². The van der Waals surface area contributed by atoms with Gasteiger partial charge in [0.15, 0.2) is 0 Å². The van der Waals surface area contributed by atoms with Crippen LogP contribution >= 0.6 is 0 Å². The molecule has 1 aromatic heterocycles. The number of hydrogen-bond donors (Lipinski definition) is 2. The smallest absolute Gasteiger partial charge is 0.319 e. The normalized spacial score (nSPS) is 16.8. The molecule has 7 nitrogen and oxygen atoms in total. The fourth-order valence-electron chi connectivity index (χ4n) is 2.61. The first-order valence-electron chi connectivity index (χ1n) is 7.57. The molecule has 0 spiro atoms. The summed E-state index contributed by atoms with van der Waals surface area (Å²) in [5.41, 5.74) is 1.39. The molecular formula is C17H18N4O3. The third-order valence-electron chi connectivity index (χ3n) is 3.76. The summed E-state index contributed by atoms with van der Waals surface area (Å²) in [6.07, 6.45) is 3.46. The number of carbonyl (C=O) groups is 2. The lowest BCUT2D eigenvalue weighted by molar-refractivity contribution is -0.117. The third-order valence-corrected chi connectivity index (χ3v) is 3.76. The number of ether oxygens (including phenoxy) is 1. The number of hydrogen-bond acceptors (Lipinski definition) is 4. The lowest BCUT2D eigenvalue weighted by Gasteiger charge is -2.17. The Balaban J connectivity index is 1.59. The fourth-order valence-corrected chi connectivity index (χ4v) is 2.61. The third kappa shape index (κ3) is 3.62. The Hall–Kier alpha value is -3.09. The highest BCUT2D eigenvalue weighted by atomic mass is 16.5. The van der Waals surface area contributed by atoms with Gasteiger partial charge in [0.25, 0.3) is 0 Å². The van der Waals surface area contributed by atoms with E-state index in [0.29, 0.717) is 12.2 Å². The lowest BCUT2D eigenvalue weighted by atomic mass is 10.2. The summed E-state index contributed by atoms with van der Waals surface area (Å²) in [5, 5.41) is 5.51. The van der Waals surface area contributed by atoms with Crippen molar-refractivity contribution in [1.82, 2.24) is 10.3 Å². The van der Waals surface area contributed by atoms with Crippen LogP contribution in [-0.4, -0.2) is 36.6 Å². The summed E-state index contributed by atoms with van der Waals surface area (Å²) in [6.45, 7) is 0.436. The summed E-state index contributed by atoms with van der Waals surface area (Å²) in [4.78, 5) is 29.8. The van der Waals surface area contributed by atoms with Gasteiger partial charge < -0.3 is 20.3 Å². The maximum atomic E-state index is 12.2. The number of benzene rings is 1. The fraction of sp³-hybridized carbons (Fsp3) is 0.235. The maximum absolute atomic E-state index is 12.2. The topological polar surface area (TPSA) is 83.6 Å². The van der Waals surface area contributed by atoms with Gasteiger partial charge in [-0.15, -0.1) is 0 Å². The van der Waals surface area contributed by atoms with E-state index in [1.54, 1.807) is 48.7 Å². The van der Waals surface area contributed by atoms with Crippen LogP contribution in [0.5, 0.6) is 5.75 Å². The molecule has 3 rings (SSSR count). The van der Waals surface area contributed by atoms with Crippen LogP contribution in [-0.2, 0) is 4.79 Å². The van der Waals surface area contributed by atoms with Crippen LogP contribution in [0, 0.1) is 0 Å². The zero-order valence-electron chi connectivity index (χ0n) is 13.2. The van der Waals surface area contributed by atoms with Crippen molar-refractivity contribution in [1.29, 1.82) is 0 Å². The van der Waals surface area contributed by atoms with Gasteiger partial charge in [0, 0.05) is 24.8 Å². The average molecular weight is 326 g/mol. The molecule has 0 saturated carbocycles. The molecule has 124 valence electrons. The van der Waals surface area contributed by atoms with Crippen molar-refractivity contribution in [2.24, 2.45) is 0 Å². The number of nitrogens with zero attached hydrogens (tertiary/aromatic N) is 2. The molecule has 24 heavy (non-hydrogen) atoms. The SMILES string of the molecule is COc1ccc(N2C[C@H](NC(=O)Nc3cccnc3)CC2=O)cc1. The second-order valence-corrected chi connectivity index (χ2v) is 5.44. The molecule has 1 fully saturated rings. The van der Waals surface area contributed by atoms with E-state index in [1.807, 2.05) is 12.1 Å². The first-order valence-corrected chi connectivity index (χ1v) is 7.57. The van der Waals surface area contributed by atoms with Crippen molar-refractivity contribution in [3.05, 3.63) is 48.8 Å². The minimum Gasteiger partial charge on any atom is -0.497 e. The summed E-state index contributed by atoms with van der Waals surface area (Å²) in [5.74, 6) is 0.711. The van der Waals surface area contributed by atoms with Crippen LogP contribution in [0.25, 0.3) is 0 Å². The van der Waals surface area contributed by atoms with Crippen molar-refractivity contribution in [2.45, 2.75) is 12.5 Å². The van der Waals surface area contributed by atoms with E-state index < -0.39 is 0 Å². The van der Waals surface area contributed by atoms with Crippen LogP contribution in [0.3, 0.4) is 0 Å². The number of carbonyl (C=O) groups excluding carboxylic acids is 2. The maximum Gasteiger partial charge on any atom is 0.319 e. The molecule has 0 bridgehead atoms. The molecular weight excluding hydrogens is 308 g/mol. The van der Waals surface area contributed by atoms with Crippen LogP contribution in [0.2, 0.25) is 0 Å². The quantitative estimate of drug-likeness (QED) is 0.900. The number of rotatable bonds is 4. The van der Waals surface area contributed by atoms with Crippen LogP contribution in [0.1, 0.15) is 6.42 Å². The molecule has 1 aromatic carbocycles. The minimum absolute atomic E-state index is 0.0214. The second-order valence-electron chi connectivity index (χ2n) is 5.44. The summed E-state index contributed by atoms with van der Waals surface area (Å²) in [6, 6.07) is 10.2. The molecule has 1 saturated heterocycles. The standard InChI is InChI=1S/C17H18N4O3/c1-24-15-6-4-14(5-7-15)21-11-13(9-16(21)22)20-17(23)19-12-3-2-8-18-10-12/h2-8,10,13H,9,11H2,1H3,(H2,19,20,23)/t13-/m1/s1. The van der Waals surface area contributed by atoms with Crippen molar-refractivity contribution in [3.63, 3.8) is 0 Å². The Morgan fingerprint density at radius 2 is 2.08 bits per heavy atom. The van der Waals surface area contributed by atoms with Crippen molar-refractivity contribution in [2.75, 3.05) is 23.9 Å². The van der Waals surface area contributed by atoms with Gasteiger partial charge >= 0.3 is 6.03 Å². The Morgan fingerprint density at radius 3 is 2.75 bits per heavy atom. The molecule has 2 aromatic rings. The van der Waals surface area contributed by atoms with Gasteiger partial charge in [-0.2, -0.15) is 0 Å². The number of urea groups is 1. The largest absolute Gasteiger partial charge is 0.497 e. The van der Waals surface area contributed by atoms with Gasteiger partial charge in [-0.3, -0.25) is 9.78 Å². The molecule has 0 radical (unpaired) electrons. The number of aromatic nitrogens is 1. The highest BCUT2D eigenvalue weighted by Gasteiger charge is 2.31. The van der Waals surface area contributed by atoms with E-state index >= 15 is 0 Å². The molecule has 3 amide bonds. The lowest BCUT2D eigenvalue weighted by Crippen LogP contribution is -2.39. The predicted molar refractivity (Wildman–Crippen MR) is 90.1 cm³/mol. The van der Waals surface area contributed by atoms with E-state index in [-0.39, 0.29) is 24.4 Å². The number of anilines is 2. The van der Waals surface area contributed by atoms with Gasteiger partial charge in [0.2, 0.25) is 5.91 Å². The summed E-state index contributed by atoms with van der Waals surface area (Å²) in [7, 11) is 1.59. The van der Waals surface area contributed by atoms with E-state index in [0.717, 1.165) is 11.4 Å². The Kier molecular flexibility index (Phi) is 4.60. The molecule has 0 unspecified atom stereocenters. The van der Waals surface area contributed by atoms with Gasteiger partial charge in [0.1, 0.15) is 5.75 Å².